The van der Waals surface area contributed by atoms with E-state index >= 15 is 0 Å². The van der Waals surface area contributed by atoms with E-state index in [0.29, 0.717) is 12.1 Å². The van der Waals surface area contributed by atoms with E-state index in [9.17, 15) is 8.42 Å². The van der Waals surface area contributed by atoms with E-state index < -0.39 is 10.0 Å². The Hall–Kier alpha value is -0.620. The molecule has 88 valence electrons. The van der Waals surface area contributed by atoms with Crippen LogP contribution in [0.5, 0.6) is 0 Å². The van der Waals surface area contributed by atoms with Crippen molar-refractivity contribution in [2.45, 2.75) is 24.3 Å². The van der Waals surface area contributed by atoms with Gasteiger partial charge in [-0.3, -0.25) is 0 Å². The number of halogens is 1. The van der Waals surface area contributed by atoms with Crippen LogP contribution in [0.2, 0.25) is 5.02 Å². The van der Waals surface area contributed by atoms with Crippen LogP contribution < -0.4 is 10.5 Å². The largest absolute Gasteiger partial charge is 0.313 e. The van der Waals surface area contributed by atoms with E-state index in [4.69, 9.17) is 16.7 Å². The Balaban J connectivity index is 2.67. The van der Waals surface area contributed by atoms with E-state index in [1.165, 1.54) is 0 Å². The molecule has 0 saturated carbocycles. The molecule has 0 fully saturated rings. The van der Waals surface area contributed by atoms with Gasteiger partial charge in [0.2, 0.25) is 10.0 Å². The summed E-state index contributed by atoms with van der Waals surface area (Å²) in [6.07, 6.45) is 1.83. The molecule has 0 amide bonds. The van der Waals surface area contributed by atoms with Gasteiger partial charge in [0.25, 0.3) is 0 Å². The van der Waals surface area contributed by atoms with Gasteiger partial charge in [0.1, 0.15) is 4.90 Å². The standard InChI is InChI=1S/C10H13ClN2O2S/c11-9-4-3-7-2-1-5-13-6-8(7)10(9)16(12,14)15/h3-4,13H,1-2,5-6H2,(H2,12,14,15). The highest BCUT2D eigenvalue weighted by molar-refractivity contribution is 7.89. The number of nitrogens with one attached hydrogen (secondary N) is 1. The second kappa shape index (κ2) is 4.33. The topological polar surface area (TPSA) is 72.2 Å². The van der Waals surface area contributed by atoms with Crippen LogP contribution in [0.15, 0.2) is 17.0 Å². The van der Waals surface area contributed by atoms with E-state index in [1.807, 2.05) is 6.07 Å². The van der Waals surface area contributed by atoms with Crippen molar-refractivity contribution in [3.05, 3.63) is 28.3 Å². The van der Waals surface area contributed by atoms with Crippen molar-refractivity contribution in [2.75, 3.05) is 6.54 Å². The number of benzene rings is 1. The van der Waals surface area contributed by atoms with Crippen LogP contribution in [0.25, 0.3) is 0 Å². The zero-order valence-corrected chi connectivity index (χ0v) is 10.2. The van der Waals surface area contributed by atoms with Gasteiger partial charge in [-0.25, -0.2) is 13.6 Å². The van der Waals surface area contributed by atoms with Crippen molar-refractivity contribution in [3.8, 4) is 0 Å². The first-order chi connectivity index (χ1) is 7.50. The SMILES string of the molecule is NS(=O)(=O)c1c(Cl)ccc2c1CNCCC2. The number of hydrogen-bond acceptors (Lipinski definition) is 3. The molecule has 2 rings (SSSR count). The van der Waals surface area contributed by atoms with Crippen molar-refractivity contribution in [3.63, 3.8) is 0 Å². The molecule has 0 unspecified atom stereocenters. The van der Waals surface area contributed by atoms with Crippen molar-refractivity contribution < 1.29 is 8.42 Å². The minimum atomic E-state index is -3.76. The fraction of sp³-hybridized carbons (Fsp3) is 0.400. The average molecular weight is 261 g/mol. The lowest BCUT2D eigenvalue weighted by Gasteiger charge is -2.12. The molecule has 3 N–H and O–H groups in total. The summed E-state index contributed by atoms with van der Waals surface area (Å²) in [7, 11) is -3.76. The van der Waals surface area contributed by atoms with Gasteiger partial charge in [-0.15, -0.1) is 0 Å². The highest BCUT2D eigenvalue weighted by Crippen LogP contribution is 2.28. The predicted octanol–water partition coefficient (Wildman–Crippen LogP) is 1.02. The van der Waals surface area contributed by atoms with Crippen LogP contribution >= 0.6 is 11.6 Å². The number of rotatable bonds is 1. The summed E-state index contributed by atoms with van der Waals surface area (Å²) in [4.78, 5) is 0.0704. The number of aryl methyl sites for hydroxylation is 1. The molecule has 0 aliphatic carbocycles. The van der Waals surface area contributed by atoms with Gasteiger partial charge in [-0.2, -0.15) is 0 Å². The number of primary sulfonamides is 1. The molecule has 16 heavy (non-hydrogen) atoms. The maximum Gasteiger partial charge on any atom is 0.239 e. The molecule has 4 nitrogen and oxygen atoms in total. The van der Waals surface area contributed by atoms with Crippen molar-refractivity contribution in [2.24, 2.45) is 5.14 Å². The first kappa shape index (κ1) is 11.9. The minimum absolute atomic E-state index is 0.0704. The van der Waals surface area contributed by atoms with E-state index in [-0.39, 0.29) is 9.92 Å². The van der Waals surface area contributed by atoms with Crippen LogP contribution in [-0.2, 0) is 23.0 Å². The summed E-state index contributed by atoms with van der Waals surface area (Å²) in [5, 5.41) is 8.56. The molecule has 1 aromatic carbocycles. The zero-order chi connectivity index (χ0) is 11.8. The quantitative estimate of drug-likeness (QED) is 0.792. The van der Waals surface area contributed by atoms with Crippen LogP contribution in [-0.4, -0.2) is 15.0 Å². The minimum Gasteiger partial charge on any atom is -0.313 e. The highest BCUT2D eigenvalue weighted by atomic mass is 35.5. The predicted molar refractivity (Wildman–Crippen MR) is 62.9 cm³/mol. The lowest BCUT2D eigenvalue weighted by atomic mass is 10.0. The van der Waals surface area contributed by atoms with E-state index in [0.717, 1.165) is 24.9 Å². The summed E-state index contributed by atoms with van der Waals surface area (Å²) in [6, 6.07) is 3.48. The van der Waals surface area contributed by atoms with E-state index in [1.54, 1.807) is 6.07 Å². The summed E-state index contributed by atoms with van der Waals surface area (Å²) < 4.78 is 23.0. The fourth-order valence-corrected chi connectivity index (χ4v) is 3.38. The second-order valence-electron chi connectivity index (χ2n) is 3.84. The summed E-state index contributed by atoms with van der Waals surface area (Å²) in [6.45, 7) is 1.37. The molecule has 6 heteroatoms. The van der Waals surface area contributed by atoms with Crippen LogP contribution in [0.3, 0.4) is 0 Å². The molecule has 0 atom stereocenters. The molecule has 0 bridgehead atoms. The van der Waals surface area contributed by atoms with Crippen LogP contribution in [0, 0.1) is 0 Å². The Bertz CT molecular complexity index is 514. The second-order valence-corrected chi connectivity index (χ2v) is 5.74. The van der Waals surface area contributed by atoms with Crippen molar-refractivity contribution in [1.82, 2.24) is 5.32 Å². The maximum atomic E-state index is 11.5. The van der Waals surface area contributed by atoms with Gasteiger partial charge < -0.3 is 5.32 Å². The molecule has 1 heterocycles. The Morgan fingerprint density at radius 2 is 2.12 bits per heavy atom. The van der Waals surface area contributed by atoms with Gasteiger partial charge in [0.15, 0.2) is 0 Å². The third-order valence-electron chi connectivity index (χ3n) is 2.70. The van der Waals surface area contributed by atoms with Gasteiger partial charge >= 0.3 is 0 Å². The zero-order valence-electron chi connectivity index (χ0n) is 8.66. The molecule has 0 spiro atoms. The molecule has 1 aliphatic rings. The Morgan fingerprint density at radius 1 is 1.38 bits per heavy atom. The Labute approximate surface area is 99.8 Å². The van der Waals surface area contributed by atoms with Gasteiger partial charge in [-0.05, 0) is 36.6 Å². The van der Waals surface area contributed by atoms with Gasteiger partial charge in [0.05, 0.1) is 5.02 Å². The summed E-state index contributed by atoms with van der Waals surface area (Å²) in [5.74, 6) is 0. The summed E-state index contributed by atoms with van der Waals surface area (Å²) >= 11 is 5.91. The molecule has 1 aliphatic heterocycles. The van der Waals surface area contributed by atoms with Crippen molar-refractivity contribution in [1.29, 1.82) is 0 Å². The Morgan fingerprint density at radius 3 is 2.81 bits per heavy atom. The third-order valence-corrected chi connectivity index (χ3v) is 4.16. The average Bonchev–Trinajstić information content (AvgIpc) is 2.40. The lowest BCUT2D eigenvalue weighted by molar-refractivity contribution is 0.595. The van der Waals surface area contributed by atoms with Gasteiger partial charge in [-0.1, -0.05) is 17.7 Å². The number of sulfonamides is 1. The van der Waals surface area contributed by atoms with Crippen molar-refractivity contribution >= 4 is 21.6 Å². The number of fused-ring (bicyclic) bond motifs is 1. The number of nitrogens with two attached hydrogens (primary N) is 1. The first-order valence-corrected chi connectivity index (χ1v) is 6.96. The molecule has 0 saturated heterocycles. The van der Waals surface area contributed by atoms with Crippen LogP contribution in [0.1, 0.15) is 17.5 Å². The molecular weight excluding hydrogens is 248 g/mol. The first-order valence-electron chi connectivity index (χ1n) is 5.04. The number of hydrogen-bond donors (Lipinski definition) is 2. The summed E-state index contributed by atoms with van der Waals surface area (Å²) in [5.41, 5.74) is 1.73. The van der Waals surface area contributed by atoms with Crippen LogP contribution in [0.4, 0.5) is 0 Å². The highest BCUT2D eigenvalue weighted by Gasteiger charge is 2.21. The maximum absolute atomic E-state index is 11.5. The van der Waals surface area contributed by atoms with E-state index in [2.05, 4.69) is 5.32 Å². The molecule has 1 aromatic rings. The lowest BCUT2D eigenvalue weighted by Crippen LogP contribution is -2.19. The molecule has 0 radical (unpaired) electrons. The van der Waals surface area contributed by atoms with Gasteiger partial charge in [0, 0.05) is 6.54 Å². The third kappa shape index (κ3) is 2.22. The molecule has 0 aromatic heterocycles. The fourth-order valence-electron chi connectivity index (χ4n) is 1.99. The normalized spacial score (nSPS) is 16.6. The monoisotopic (exact) mass is 260 g/mol. The smallest absolute Gasteiger partial charge is 0.239 e. The Kier molecular flexibility index (Phi) is 3.21. The molecular formula is C10H13ClN2O2S.